The number of hydrogen-bond donors (Lipinski definition) is 0. The Morgan fingerprint density at radius 3 is 2.25 bits per heavy atom. The Morgan fingerprint density at radius 2 is 1.42 bits per heavy atom. The van der Waals surface area contributed by atoms with Gasteiger partial charge in [0, 0.05) is 19.6 Å². The van der Waals surface area contributed by atoms with Crippen molar-refractivity contribution < 1.29 is 14.2 Å². The second kappa shape index (κ2) is 8.37. The lowest BCUT2D eigenvalue weighted by Gasteiger charge is -2.10. The molecule has 0 atom stereocenters. The van der Waals surface area contributed by atoms with Crippen LogP contribution in [0, 0.1) is 0 Å². The highest BCUT2D eigenvalue weighted by molar-refractivity contribution is 5.85. The van der Waals surface area contributed by atoms with Crippen molar-refractivity contribution in [2.24, 2.45) is 0 Å². The fraction of sp³-hybridized carbons (Fsp3) is 0.238. The van der Waals surface area contributed by atoms with E-state index in [0.29, 0.717) is 19.8 Å². The maximum absolute atomic E-state index is 5.89. The molecule has 24 heavy (non-hydrogen) atoms. The first kappa shape index (κ1) is 16.3. The van der Waals surface area contributed by atoms with Gasteiger partial charge in [0.1, 0.15) is 18.1 Å². The van der Waals surface area contributed by atoms with Crippen LogP contribution in [0.1, 0.15) is 5.56 Å². The summed E-state index contributed by atoms with van der Waals surface area (Å²) < 4.78 is 16.5. The van der Waals surface area contributed by atoms with Gasteiger partial charge in [-0.25, -0.2) is 0 Å². The Hall–Kier alpha value is -2.52. The minimum absolute atomic E-state index is 0.538. The van der Waals surface area contributed by atoms with Crippen LogP contribution in [0.3, 0.4) is 0 Å². The molecule has 0 amide bonds. The van der Waals surface area contributed by atoms with Gasteiger partial charge in [0.2, 0.25) is 0 Å². The van der Waals surface area contributed by atoms with Gasteiger partial charge in [0.05, 0.1) is 13.2 Å². The standard InChI is InChI=1S/C21H22O3/c1-22-14-15-24-20-10-5-9-19(16-20)23-13-12-18-8-4-7-17-6-2-3-11-21(17)18/h2-11,16H,12-15H2,1H3. The summed E-state index contributed by atoms with van der Waals surface area (Å²) in [5, 5.41) is 2.56. The molecule has 0 N–H and O–H groups in total. The molecule has 0 aliphatic heterocycles. The molecule has 0 radical (unpaired) electrons. The van der Waals surface area contributed by atoms with E-state index in [1.165, 1.54) is 16.3 Å². The van der Waals surface area contributed by atoms with Gasteiger partial charge < -0.3 is 14.2 Å². The van der Waals surface area contributed by atoms with Crippen LogP contribution in [0.4, 0.5) is 0 Å². The van der Waals surface area contributed by atoms with E-state index in [4.69, 9.17) is 14.2 Å². The van der Waals surface area contributed by atoms with Gasteiger partial charge in [-0.2, -0.15) is 0 Å². The van der Waals surface area contributed by atoms with Gasteiger partial charge in [-0.15, -0.1) is 0 Å². The van der Waals surface area contributed by atoms with E-state index in [9.17, 15) is 0 Å². The lowest BCUT2D eigenvalue weighted by atomic mass is 10.0. The summed E-state index contributed by atoms with van der Waals surface area (Å²) in [4.78, 5) is 0. The Kier molecular flexibility index (Phi) is 5.70. The van der Waals surface area contributed by atoms with Crippen molar-refractivity contribution >= 4 is 10.8 Å². The normalized spacial score (nSPS) is 10.7. The predicted octanol–water partition coefficient (Wildman–Crippen LogP) is 4.49. The van der Waals surface area contributed by atoms with E-state index in [0.717, 1.165) is 17.9 Å². The quantitative estimate of drug-likeness (QED) is 0.572. The summed E-state index contributed by atoms with van der Waals surface area (Å²) in [5.74, 6) is 1.62. The lowest BCUT2D eigenvalue weighted by molar-refractivity contribution is 0.146. The minimum Gasteiger partial charge on any atom is -0.493 e. The van der Waals surface area contributed by atoms with Gasteiger partial charge in [-0.3, -0.25) is 0 Å². The van der Waals surface area contributed by atoms with E-state index in [1.54, 1.807) is 7.11 Å². The second-order valence-electron chi connectivity index (χ2n) is 5.55. The summed E-state index contributed by atoms with van der Waals surface area (Å²) in [7, 11) is 1.66. The van der Waals surface area contributed by atoms with Gasteiger partial charge in [0.25, 0.3) is 0 Å². The topological polar surface area (TPSA) is 27.7 Å². The molecule has 3 aromatic carbocycles. The van der Waals surface area contributed by atoms with Crippen LogP contribution in [0.2, 0.25) is 0 Å². The molecular formula is C21H22O3. The molecule has 0 saturated heterocycles. The monoisotopic (exact) mass is 322 g/mol. The highest BCUT2D eigenvalue weighted by Crippen LogP contribution is 2.21. The fourth-order valence-corrected chi connectivity index (χ4v) is 2.69. The minimum atomic E-state index is 0.538. The number of benzene rings is 3. The number of fused-ring (bicyclic) bond motifs is 1. The zero-order valence-electron chi connectivity index (χ0n) is 13.9. The molecule has 0 spiro atoms. The molecule has 3 nitrogen and oxygen atoms in total. The fourth-order valence-electron chi connectivity index (χ4n) is 2.69. The first-order valence-electron chi connectivity index (χ1n) is 8.18. The average Bonchev–Trinajstić information content (AvgIpc) is 2.63. The third-order valence-electron chi connectivity index (χ3n) is 3.88. The molecule has 3 aromatic rings. The molecule has 0 heterocycles. The van der Waals surface area contributed by atoms with Crippen molar-refractivity contribution in [2.45, 2.75) is 6.42 Å². The maximum Gasteiger partial charge on any atom is 0.123 e. The van der Waals surface area contributed by atoms with E-state index in [-0.39, 0.29) is 0 Å². The van der Waals surface area contributed by atoms with Gasteiger partial charge >= 0.3 is 0 Å². The van der Waals surface area contributed by atoms with E-state index in [2.05, 4.69) is 42.5 Å². The zero-order valence-corrected chi connectivity index (χ0v) is 13.9. The van der Waals surface area contributed by atoms with Crippen molar-refractivity contribution in [1.29, 1.82) is 0 Å². The molecule has 0 aromatic heterocycles. The molecule has 0 unspecified atom stereocenters. The van der Waals surface area contributed by atoms with Crippen molar-refractivity contribution in [1.82, 2.24) is 0 Å². The first-order chi connectivity index (χ1) is 11.9. The highest BCUT2D eigenvalue weighted by Gasteiger charge is 2.02. The SMILES string of the molecule is COCCOc1cccc(OCCc2cccc3ccccc23)c1. The van der Waals surface area contributed by atoms with Crippen molar-refractivity contribution in [3.63, 3.8) is 0 Å². The van der Waals surface area contributed by atoms with E-state index in [1.807, 2.05) is 24.3 Å². The molecule has 0 saturated carbocycles. The Balaban J connectivity index is 1.59. The van der Waals surface area contributed by atoms with Crippen LogP contribution >= 0.6 is 0 Å². The second-order valence-corrected chi connectivity index (χ2v) is 5.55. The average molecular weight is 322 g/mol. The third-order valence-corrected chi connectivity index (χ3v) is 3.88. The van der Waals surface area contributed by atoms with Crippen LogP contribution in [0.15, 0.2) is 66.7 Å². The predicted molar refractivity (Wildman–Crippen MR) is 97.0 cm³/mol. The Morgan fingerprint density at radius 1 is 0.708 bits per heavy atom. The van der Waals surface area contributed by atoms with Crippen LogP contribution in [0.5, 0.6) is 11.5 Å². The van der Waals surface area contributed by atoms with Crippen molar-refractivity contribution in [3.05, 3.63) is 72.3 Å². The number of hydrogen-bond acceptors (Lipinski definition) is 3. The highest BCUT2D eigenvalue weighted by atomic mass is 16.5. The van der Waals surface area contributed by atoms with Gasteiger partial charge in [-0.05, 0) is 28.5 Å². The summed E-state index contributed by atoms with van der Waals surface area (Å²) in [6.45, 7) is 1.75. The molecular weight excluding hydrogens is 300 g/mol. The third kappa shape index (κ3) is 4.27. The molecule has 0 aliphatic rings. The molecule has 124 valence electrons. The molecule has 0 fully saturated rings. The smallest absolute Gasteiger partial charge is 0.123 e. The Labute approximate surface area is 142 Å². The van der Waals surface area contributed by atoms with Crippen LogP contribution in [-0.2, 0) is 11.2 Å². The molecule has 3 rings (SSSR count). The first-order valence-corrected chi connectivity index (χ1v) is 8.18. The molecule has 0 bridgehead atoms. The number of methoxy groups -OCH3 is 1. The number of rotatable bonds is 8. The van der Waals surface area contributed by atoms with Gasteiger partial charge in [0.15, 0.2) is 0 Å². The zero-order chi connectivity index (χ0) is 16.6. The number of ether oxygens (including phenoxy) is 3. The van der Waals surface area contributed by atoms with Crippen molar-refractivity contribution in [2.75, 3.05) is 26.9 Å². The summed E-state index contributed by atoms with van der Waals surface area (Å²) in [5.41, 5.74) is 1.31. The maximum atomic E-state index is 5.89. The summed E-state index contributed by atoms with van der Waals surface area (Å²) in [6, 6.07) is 22.6. The van der Waals surface area contributed by atoms with Crippen LogP contribution in [-0.4, -0.2) is 26.9 Å². The van der Waals surface area contributed by atoms with Gasteiger partial charge in [-0.1, -0.05) is 48.5 Å². The largest absolute Gasteiger partial charge is 0.493 e. The van der Waals surface area contributed by atoms with E-state index < -0.39 is 0 Å². The molecule has 3 heteroatoms. The van der Waals surface area contributed by atoms with Crippen LogP contribution in [0.25, 0.3) is 10.8 Å². The Bertz CT molecular complexity index is 777. The van der Waals surface area contributed by atoms with E-state index >= 15 is 0 Å². The summed E-state index contributed by atoms with van der Waals surface area (Å²) >= 11 is 0. The lowest BCUT2D eigenvalue weighted by Crippen LogP contribution is -2.05. The van der Waals surface area contributed by atoms with Crippen molar-refractivity contribution in [3.8, 4) is 11.5 Å². The summed E-state index contributed by atoms with van der Waals surface area (Å²) in [6.07, 6.45) is 0.871. The molecule has 0 aliphatic carbocycles. The van der Waals surface area contributed by atoms with Crippen LogP contribution < -0.4 is 9.47 Å².